The monoisotopic (exact) mass is 523 g/mol. The highest BCUT2D eigenvalue weighted by Gasteiger charge is 2.30. The number of carbonyl (C=O) groups excluding carboxylic acids is 1. The predicted molar refractivity (Wildman–Crippen MR) is 143 cm³/mol. The Bertz CT molecular complexity index is 1530. The molecular formula is C28H28F3N5O2. The summed E-state index contributed by atoms with van der Waals surface area (Å²) >= 11 is 0. The molecule has 0 unspecified atom stereocenters. The van der Waals surface area contributed by atoms with Crippen molar-refractivity contribution in [2.45, 2.75) is 19.5 Å². The van der Waals surface area contributed by atoms with Crippen LogP contribution in [0.5, 0.6) is 0 Å². The fraction of sp³-hybridized carbons (Fsp3) is 0.250. The smallest absolute Gasteiger partial charge is 0.385 e. The fourth-order valence-corrected chi connectivity index (χ4v) is 4.02. The van der Waals surface area contributed by atoms with Gasteiger partial charge in [0.05, 0.1) is 22.2 Å². The van der Waals surface area contributed by atoms with Crippen molar-refractivity contribution in [2.75, 3.05) is 37.8 Å². The fourth-order valence-electron chi connectivity index (χ4n) is 4.02. The van der Waals surface area contributed by atoms with E-state index in [0.717, 1.165) is 42.9 Å². The highest BCUT2D eigenvalue weighted by atomic mass is 19.4. The van der Waals surface area contributed by atoms with E-state index in [4.69, 9.17) is 0 Å². The number of aryl methyl sites for hydroxylation is 1. The maximum Gasteiger partial charge on any atom is 0.416 e. The van der Waals surface area contributed by atoms with Crippen molar-refractivity contribution in [3.05, 3.63) is 94.0 Å². The zero-order chi connectivity index (χ0) is 27.4. The number of halogens is 3. The quantitative estimate of drug-likeness (QED) is 0.305. The molecule has 3 aromatic carbocycles. The van der Waals surface area contributed by atoms with E-state index in [9.17, 15) is 22.8 Å². The van der Waals surface area contributed by atoms with Crippen molar-refractivity contribution < 1.29 is 18.0 Å². The Hall–Kier alpha value is -4.18. The van der Waals surface area contributed by atoms with Crippen molar-refractivity contribution >= 4 is 28.2 Å². The van der Waals surface area contributed by atoms with Crippen LogP contribution in [-0.2, 0) is 6.18 Å². The lowest BCUT2D eigenvalue weighted by Crippen LogP contribution is -2.20. The second-order valence-electron chi connectivity index (χ2n) is 9.27. The lowest BCUT2D eigenvalue weighted by molar-refractivity contribution is -0.137. The van der Waals surface area contributed by atoms with E-state index < -0.39 is 17.6 Å². The third kappa shape index (κ3) is 6.20. The largest absolute Gasteiger partial charge is 0.416 e. The van der Waals surface area contributed by atoms with E-state index in [1.165, 1.54) is 23.0 Å². The van der Waals surface area contributed by atoms with E-state index in [0.29, 0.717) is 22.3 Å². The zero-order valence-electron chi connectivity index (χ0n) is 21.3. The number of benzene rings is 3. The Morgan fingerprint density at radius 3 is 2.53 bits per heavy atom. The molecule has 2 N–H and O–H groups in total. The molecule has 1 amide bonds. The summed E-state index contributed by atoms with van der Waals surface area (Å²) in [6, 6.07) is 14.6. The topological polar surface area (TPSA) is 79.3 Å². The van der Waals surface area contributed by atoms with E-state index in [-0.39, 0.29) is 11.1 Å². The minimum Gasteiger partial charge on any atom is -0.385 e. The number of hydrogen-bond acceptors (Lipinski definition) is 5. The number of nitrogens with one attached hydrogen (secondary N) is 2. The Morgan fingerprint density at radius 2 is 1.79 bits per heavy atom. The number of aromatic nitrogens is 2. The maximum atomic E-state index is 13.4. The van der Waals surface area contributed by atoms with E-state index in [1.54, 1.807) is 30.3 Å². The number of rotatable bonds is 8. The Labute approximate surface area is 217 Å². The summed E-state index contributed by atoms with van der Waals surface area (Å²) in [6.07, 6.45) is -2.19. The molecule has 0 aliphatic heterocycles. The van der Waals surface area contributed by atoms with E-state index >= 15 is 0 Å². The summed E-state index contributed by atoms with van der Waals surface area (Å²) in [5.74, 6) is -0.695. The third-order valence-corrected chi connectivity index (χ3v) is 6.05. The highest BCUT2D eigenvalue weighted by Crippen LogP contribution is 2.30. The zero-order valence-corrected chi connectivity index (χ0v) is 21.3. The lowest BCUT2D eigenvalue weighted by atomic mass is 10.1. The second kappa shape index (κ2) is 11.1. The summed E-state index contributed by atoms with van der Waals surface area (Å²) in [4.78, 5) is 32.6. The second-order valence-corrected chi connectivity index (χ2v) is 9.27. The van der Waals surface area contributed by atoms with Crippen molar-refractivity contribution in [1.29, 1.82) is 0 Å². The van der Waals surface area contributed by atoms with Crippen LogP contribution in [0.15, 0.2) is 71.8 Å². The first-order valence-corrected chi connectivity index (χ1v) is 12.0. The number of nitrogens with zero attached hydrogens (tertiary/aromatic N) is 3. The predicted octanol–water partition coefficient (Wildman–Crippen LogP) is 5.33. The van der Waals surface area contributed by atoms with Gasteiger partial charge in [-0.3, -0.25) is 14.2 Å². The van der Waals surface area contributed by atoms with Gasteiger partial charge in [-0.2, -0.15) is 13.2 Å². The molecule has 0 aliphatic rings. The third-order valence-electron chi connectivity index (χ3n) is 6.05. The molecule has 0 saturated carbocycles. The number of hydrogen-bond donors (Lipinski definition) is 2. The molecule has 0 bridgehead atoms. The van der Waals surface area contributed by atoms with Crippen LogP contribution in [0.3, 0.4) is 0 Å². The summed E-state index contributed by atoms with van der Waals surface area (Å²) < 4.78 is 40.5. The van der Waals surface area contributed by atoms with Crippen LogP contribution >= 0.6 is 0 Å². The Morgan fingerprint density at radius 1 is 1.03 bits per heavy atom. The number of carbonyl (C=O) groups is 1. The lowest BCUT2D eigenvalue weighted by Gasteiger charge is -2.14. The first kappa shape index (κ1) is 26.9. The Kier molecular flexibility index (Phi) is 7.82. The summed E-state index contributed by atoms with van der Waals surface area (Å²) in [5, 5.41) is 6.38. The first-order valence-electron chi connectivity index (χ1n) is 12.0. The molecule has 0 aliphatic carbocycles. The van der Waals surface area contributed by atoms with E-state index in [1.807, 2.05) is 27.1 Å². The van der Waals surface area contributed by atoms with Crippen molar-refractivity contribution in [3.8, 4) is 5.69 Å². The molecule has 198 valence electrons. The summed E-state index contributed by atoms with van der Waals surface area (Å²) in [5.41, 5.74) is 1.63. The average molecular weight is 524 g/mol. The van der Waals surface area contributed by atoms with Crippen LogP contribution in [0, 0.1) is 6.92 Å². The molecule has 10 heteroatoms. The van der Waals surface area contributed by atoms with Crippen molar-refractivity contribution in [1.82, 2.24) is 14.5 Å². The molecule has 0 atom stereocenters. The van der Waals surface area contributed by atoms with Gasteiger partial charge in [0, 0.05) is 23.5 Å². The average Bonchev–Trinajstić information content (AvgIpc) is 2.88. The molecule has 0 spiro atoms. The molecule has 0 radical (unpaired) electrons. The summed E-state index contributed by atoms with van der Waals surface area (Å²) in [6.45, 7) is 3.51. The maximum absolute atomic E-state index is 13.4. The number of anilines is 2. The first-order chi connectivity index (χ1) is 18.0. The van der Waals surface area contributed by atoms with Gasteiger partial charge in [0.2, 0.25) is 0 Å². The van der Waals surface area contributed by atoms with Crippen molar-refractivity contribution in [2.24, 2.45) is 0 Å². The number of fused-ring (bicyclic) bond motifs is 1. The highest BCUT2D eigenvalue weighted by molar-refractivity contribution is 6.04. The minimum absolute atomic E-state index is 0.128. The molecule has 1 heterocycles. The molecule has 0 saturated heterocycles. The molecule has 1 aromatic heterocycles. The van der Waals surface area contributed by atoms with Crippen LogP contribution in [0.25, 0.3) is 16.6 Å². The van der Waals surface area contributed by atoms with Crippen molar-refractivity contribution in [3.63, 3.8) is 0 Å². The van der Waals surface area contributed by atoms with Gasteiger partial charge in [0.1, 0.15) is 6.33 Å². The molecule has 4 rings (SSSR count). The van der Waals surface area contributed by atoms with Crippen LogP contribution in [0.4, 0.5) is 24.5 Å². The number of amides is 1. The van der Waals surface area contributed by atoms with Gasteiger partial charge in [0.25, 0.3) is 11.5 Å². The van der Waals surface area contributed by atoms with E-state index in [2.05, 4.69) is 20.5 Å². The molecule has 38 heavy (non-hydrogen) atoms. The van der Waals surface area contributed by atoms with Gasteiger partial charge >= 0.3 is 6.18 Å². The van der Waals surface area contributed by atoms with Gasteiger partial charge in [-0.05, 0) is 88.1 Å². The molecule has 7 nitrogen and oxygen atoms in total. The normalized spacial score (nSPS) is 11.7. The minimum atomic E-state index is -4.56. The van der Waals surface area contributed by atoms with Gasteiger partial charge < -0.3 is 15.5 Å². The molecule has 0 fully saturated rings. The summed E-state index contributed by atoms with van der Waals surface area (Å²) in [7, 11) is 4.02. The van der Waals surface area contributed by atoms with Gasteiger partial charge in [0.15, 0.2) is 0 Å². The van der Waals surface area contributed by atoms with Crippen LogP contribution in [-0.4, -0.2) is 47.5 Å². The van der Waals surface area contributed by atoms with Gasteiger partial charge in [-0.25, -0.2) is 4.98 Å². The standard InChI is InChI=1S/C28H28F3N5O2/c1-18-8-9-22(34-26(37)19-6-4-7-20(14-19)28(29,30)31)16-25(18)36-17-33-24-11-10-21(15-23(24)27(36)38)32-12-5-13-35(2)3/h4,6-11,14-17,32H,5,12-13H2,1-3H3,(H,34,37). The van der Waals surface area contributed by atoms with Crippen LogP contribution < -0.4 is 16.2 Å². The van der Waals surface area contributed by atoms with Crippen LogP contribution in [0.2, 0.25) is 0 Å². The molecular weight excluding hydrogens is 495 g/mol. The number of alkyl halides is 3. The van der Waals surface area contributed by atoms with Gasteiger partial charge in [-0.1, -0.05) is 12.1 Å². The van der Waals surface area contributed by atoms with Gasteiger partial charge in [-0.15, -0.1) is 0 Å². The SMILES string of the molecule is Cc1ccc(NC(=O)c2cccc(C(F)(F)F)c2)cc1-n1cnc2ccc(NCCCN(C)C)cc2c1=O. The molecule has 4 aromatic rings. The Balaban J connectivity index is 1.61. The van der Waals surface area contributed by atoms with Crippen LogP contribution in [0.1, 0.15) is 27.9 Å².